The highest BCUT2D eigenvalue weighted by atomic mass is 19.1. The monoisotopic (exact) mass is 411 g/mol. The molecule has 5 heteroatoms. The van der Waals surface area contributed by atoms with Crippen molar-refractivity contribution in [3.05, 3.63) is 101 Å². The van der Waals surface area contributed by atoms with Crippen molar-refractivity contribution in [1.29, 1.82) is 5.26 Å². The van der Waals surface area contributed by atoms with Crippen molar-refractivity contribution in [1.82, 2.24) is 10.2 Å². The second kappa shape index (κ2) is 7.81. The minimum atomic E-state index is -0.642. The number of fused-ring (bicyclic) bond motifs is 1. The largest absolute Gasteiger partial charge is 0.252 e. The van der Waals surface area contributed by atoms with Crippen molar-refractivity contribution in [2.75, 3.05) is 0 Å². The van der Waals surface area contributed by atoms with Gasteiger partial charge in [0.1, 0.15) is 11.9 Å². The molecule has 1 aliphatic carbocycles. The molecule has 152 valence electrons. The van der Waals surface area contributed by atoms with E-state index in [4.69, 9.17) is 0 Å². The number of rotatable bonds is 4. The number of benzene rings is 3. The third-order valence-electron chi connectivity index (χ3n) is 6.07. The lowest BCUT2D eigenvalue weighted by Gasteiger charge is -2.32. The van der Waals surface area contributed by atoms with Gasteiger partial charge in [0, 0.05) is 11.1 Å². The summed E-state index contributed by atoms with van der Waals surface area (Å²) >= 11 is 0. The molecule has 0 amide bonds. The lowest BCUT2D eigenvalue weighted by molar-refractivity contribution is 0.400. The van der Waals surface area contributed by atoms with Crippen molar-refractivity contribution in [3.63, 3.8) is 0 Å². The maximum atomic E-state index is 15.0. The molecule has 1 saturated carbocycles. The molecule has 3 nitrogen and oxygen atoms in total. The average molecular weight is 411 g/mol. The highest BCUT2D eigenvalue weighted by Gasteiger charge is 2.30. The fraction of sp³-hybridized carbons (Fsp3) is 0.154. The molecule has 0 unspecified atom stereocenters. The van der Waals surface area contributed by atoms with Crippen LogP contribution in [0.25, 0.3) is 22.0 Å². The van der Waals surface area contributed by atoms with Gasteiger partial charge in [0.05, 0.1) is 16.5 Å². The van der Waals surface area contributed by atoms with Gasteiger partial charge in [-0.25, -0.2) is 4.39 Å². The van der Waals surface area contributed by atoms with Crippen LogP contribution < -0.4 is 0 Å². The predicted molar refractivity (Wildman–Crippen MR) is 117 cm³/mol. The van der Waals surface area contributed by atoms with Crippen LogP contribution in [0.3, 0.4) is 0 Å². The number of hydrogen-bond acceptors (Lipinski definition) is 2. The van der Waals surface area contributed by atoms with Crippen molar-refractivity contribution < 1.29 is 8.78 Å². The number of allylic oxidation sites excluding steroid dienone is 1. The summed E-state index contributed by atoms with van der Waals surface area (Å²) in [4.78, 5) is 0. The van der Waals surface area contributed by atoms with E-state index in [1.165, 1.54) is 6.07 Å². The zero-order chi connectivity index (χ0) is 21.4. The minimum absolute atomic E-state index is 0.162. The molecule has 1 N–H and O–H groups in total. The highest BCUT2D eigenvalue weighted by Crippen LogP contribution is 2.46. The number of aromatic nitrogens is 2. The molecule has 0 aliphatic heterocycles. The summed E-state index contributed by atoms with van der Waals surface area (Å²) in [6, 6.07) is 22.1. The first kappa shape index (κ1) is 19.2. The van der Waals surface area contributed by atoms with E-state index < -0.39 is 5.95 Å². The van der Waals surface area contributed by atoms with Crippen LogP contribution in [0.5, 0.6) is 0 Å². The molecule has 5 rings (SSSR count). The quantitative estimate of drug-likeness (QED) is 0.391. The van der Waals surface area contributed by atoms with E-state index in [0.29, 0.717) is 16.6 Å². The average Bonchev–Trinajstić information content (AvgIpc) is 3.14. The standard InChI is InChI=1S/C26H19F2N3/c27-21-12-5-4-11-19(21)24(17-9-6-10-17)23(16-7-2-1-3-8-16)18-13-14-22-25(20(18)15-29)26(28)31-30-22/h1-5,7-8,11-14,17H,6,9-10H2,(H,30,31)/b24-23+. The van der Waals surface area contributed by atoms with Gasteiger partial charge in [-0.3, -0.25) is 5.10 Å². The highest BCUT2D eigenvalue weighted by molar-refractivity contribution is 6.03. The van der Waals surface area contributed by atoms with E-state index in [1.807, 2.05) is 36.4 Å². The first-order valence-corrected chi connectivity index (χ1v) is 10.3. The molecular formula is C26H19F2N3. The normalized spacial score (nSPS) is 14.7. The zero-order valence-corrected chi connectivity index (χ0v) is 16.7. The Morgan fingerprint density at radius 2 is 1.68 bits per heavy atom. The molecule has 1 heterocycles. The predicted octanol–water partition coefficient (Wildman–Crippen LogP) is 6.47. The fourth-order valence-electron chi connectivity index (χ4n) is 4.39. The Morgan fingerprint density at radius 1 is 0.935 bits per heavy atom. The number of hydrogen-bond donors (Lipinski definition) is 1. The maximum absolute atomic E-state index is 15.0. The van der Waals surface area contributed by atoms with Crippen LogP contribution in [0.2, 0.25) is 0 Å². The van der Waals surface area contributed by atoms with Gasteiger partial charge in [-0.1, -0.05) is 61.0 Å². The number of nitriles is 1. The number of halogens is 2. The van der Waals surface area contributed by atoms with Gasteiger partial charge in [-0.2, -0.15) is 14.8 Å². The van der Waals surface area contributed by atoms with E-state index in [9.17, 15) is 9.65 Å². The van der Waals surface area contributed by atoms with Crippen LogP contribution in [0.1, 0.15) is 41.5 Å². The Hall–Kier alpha value is -3.78. The van der Waals surface area contributed by atoms with Gasteiger partial charge in [-0.05, 0) is 47.6 Å². The first-order chi connectivity index (χ1) is 15.2. The second-order valence-electron chi connectivity index (χ2n) is 7.79. The molecule has 4 aromatic rings. The van der Waals surface area contributed by atoms with Crippen molar-refractivity contribution in [3.8, 4) is 6.07 Å². The number of nitrogens with one attached hydrogen (secondary N) is 1. The molecule has 1 aromatic heterocycles. The summed E-state index contributed by atoms with van der Waals surface area (Å²) in [6.07, 6.45) is 2.97. The van der Waals surface area contributed by atoms with E-state index in [2.05, 4.69) is 16.3 Å². The van der Waals surface area contributed by atoms with Gasteiger partial charge in [0.15, 0.2) is 0 Å². The van der Waals surface area contributed by atoms with E-state index in [-0.39, 0.29) is 22.7 Å². The molecule has 0 saturated heterocycles. The molecule has 3 aromatic carbocycles. The Labute approximate surface area is 178 Å². The number of nitrogens with zero attached hydrogens (tertiary/aromatic N) is 2. The minimum Gasteiger partial charge on any atom is -0.252 e. The van der Waals surface area contributed by atoms with Crippen molar-refractivity contribution in [2.24, 2.45) is 5.92 Å². The topological polar surface area (TPSA) is 52.5 Å². The Bertz CT molecular complexity index is 1340. The van der Waals surface area contributed by atoms with Crippen molar-refractivity contribution in [2.45, 2.75) is 19.3 Å². The first-order valence-electron chi connectivity index (χ1n) is 10.3. The third kappa shape index (κ3) is 3.21. The lowest BCUT2D eigenvalue weighted by Crippen LogP contribution is -2.16. The summed E-state index contributed by atoms with van der Waals surface area (Å²) in [5, 5.41) is 16.5. The summed E-state index contributed by atoms with van der Waals surface area (Å²) in [6.45, 7) is 0. The Morgan fingerprint density at radius 3 is 2.35 bits per heavy atom. The van der Waals surface area contributed by atoms with Crippen LogP contribution in [0.4, 0.5) is 8.78 Å². The second-order valence-corrected chi connectivity index (χ2v) is 7.79. The van der Waals surface area contributed by atoms with Gasteiger partial charge in [-0.15, -0.1) is 0 Å². The molecule has 0 atom stereocenters. The maximum Gasteiger partial charge on any atom is 0.218 e. The Balaban J connectivity index is 1.92. The molecule has 0 bridgehead atoms. The molecule has 1 aliphatic rings. The molecule has 0 radical (unpaired) electrons. The molecular weight excluding hydrogens is 392 g/mol. The summed E-state index contributed by atoms with van der Waals surface area (Å²) in [5.41, 5.74) is 4.23. The summed E-state index contributed by atoms with van der Waals surface area (Å²) in [7, 11) is 0. The van der Waals surface area contributed by atoms with Gasteiger partial charge in [0.2, 0.25) is 5.95 Å². The van der Waals surface area contributed by atoms with Gasteiger partial charge < -0.3 is 0 Å². The third-order valence-corrected chi connectivity index (χ3v) is 6.07. The summed E-state index contributed by atoms with van der Waals surface area (Å²) < 4.78 is 29.5. The summed E-state index contributed by atoms with van der Waals surface area (Å²) in [5.74, 6) is -0.771. The Kier molecular flexibility index (Phi) is 4.83. The van der Waals surface area contributed by atoms with Crippen LogP contribution in [-0.4, -0.2) is 10.2 Å². The molecule has 0 spiro atoms. The zero-order valence-electron chi connectivity index (χ0n) is 16.7. The lowest BCUT2D eigenvalue weighted by atomic mass is 9.72. The fourth-order valence-corrected chi connectivity index (χ4v) is 4.39. The smallest absolute Gasteiger partial charge is 0.218 e. The van der Waals surface area contributed by atoms with Crippen LogP contribution in [0.15, 0.2) is 66.7 Å². The van der Waals surface area contributed by atoms with Crippen LogP contribution in [0, 0.1) is 29.0 Å². The van der Waals surface area contributed by atoms with Crippen LogP contribution in [-0.2, 0) is 0 Å². The van der Waals surface area contributed by atoms with Gasteiger partial charge >= 0.3 is 0 Å². The number of aromatic amines is 1. The van der Waals surface area contributed by atoms with Crippen molar-refractivity contribution >= 4 is 22.0 Å². The van der Waals surface area contributed by atoms with Gasteiger partial charge in [0.25, 0.3) is 0 Å². The van der Waals surface area contributed by atoms with E-state index >= 15 is 4.39 Å². The molecule has 31 heavy (non-hydrogen) atoms. The van der Waals surface area contributed by atoms with E-state index in [0.717, 1.165) is 36.0 Å². The van der Waals surface area contributed by atoms with Crippen LogP contribution >= 0.6 is 0 Å². The SMILES string of the molecule is N#Cc1c(/C(=C(/c2ccccc2F)C2CCC2)c2ccccc2)ccc2n[nH]c(F)c12. The van der Waals surface area contributed by atoms with E-state index in [1.54, 1.807) is 24.3 Å². The number of H-pyrrole nitrogens is 1. The molecule has 1 fully saturated rings.